The van der Waals surface area contributed by atoms with Crippen LogP contribution in [0.15, 0.2) is 6.33 Å². The van der Waals surface area contributed by atoms with Crippen molar-refractivity contribution >= 4 is 11.5 Å². The number of morpholine rings is 1. The molecule has 2 rings (SSSR count). The molecule has 0 aliphatic carbocycles. The number of anilines is 2. The molecule has 94 valence electrons. The molecule has 0 spiro atoms. The van der Waals surface area contributed by atoms with Gasteiger partial charge in [-0.3, -0.25) is 0 Å². The molecule has 1 fully saturated rings. The van der Waals surface area contributed by atoms with Crippen LogP contribution in [0.4, 0.5) is 11.5 Å². The van der Waals surface area contributed by atoms with Crippen LogP contribution >= 0.6 is 0 Å². The molecule has 1 saturated heterocycles. The summed E-state index contributed by atoms with van der Waals surface area (Å²) >= 11 is 0. The molecule has 1 aliphatic heterocycles. The number of hydrogen-bond acceptors (Lipinski definition) is 6. The van der Waals surface area contributed by atoms with Crippen LogP contribution in [0, 0.1) is 0 Å². The van der Waals surface area contributed by atoms with Crippen molar-refractivity contribution in [2.75, 3.05) is 30.8 Å². The third kappa shape index (κ3) is 2.41. The molecule has 0 aromatic carbocycles. The number of nitrogens with two attached hydrogens (primary N) is 1. The number of nitrogen functional groups attached to an aromatic ring is 1. The number of ether oxygens (including phenoxy) is 2. The molecule has 2 N–H and O–H groups in total. The highest BCUT2D eigenvalue weighted by Gasteiger charge is 2.25. The summed E-state index contributed by atoms with van der Waals surface area (Å²) in [6, 6.07) is 0. The van der Waals surface area contributed by atoms with E-state index in [1.165, 1.54) is 6.33 Å². The van der Waals surface area contributed by atoms with E-state index >= 15 is 0 Å². The van der Waals surface area contributed by atoms with Crippen molar-refractivity contribution in [2.45, 2.75) is 26.1 Å². The van der Waals surface area contributed by atoms with E-state index in [1.807, 2.05) is 13.8 Å². The van der Waals surface area contributed by atoms with Crippen LogP contribution in [-0.4, -0.2) is 42.4 Å². The molecule has 1 aromatic heterocycles. The second-order valence-corrected chi connectivity index (χ2v) is 4.28. The van der Waals surface area contributed by atoms with Crippen molar-refractivity contribution in [1.29, 1.82) is 0 Å². The molecule has 0 bridgehead atoms. The van der Waals surface area contributed by atoms with Gasteiger partial charge in [-0.05, 0) is 13.8 Å². The smallest absolute Gasteiger partial charge is 0.242 e. The van der Waals surface area contributed by atoms with Gasteiger partial charge in [-0.2, -0.15) is 4.98 Å². The SMILES string of the molecule is COc1ncnc(N2CC(C)OC(C)C2)c1N. The average molecular weight is 238 g/mol. The van der Waals surface area contributed by atoms with Gasteiger partial charge in [-0.15, -0.1) is 0 Å². The fourth-order valence-electron chi connectivity index (χ4n) is 2.14. The summed E-state index contributed by atoms with van der Waals surface area (Å²) in [7, 11) is 1.55. The zero-order valence-corrected chi connectivity index (χ0v) is 10.4. The van der Waals surface area contributed by atoms with E-state index in [2.05, 4.69) is 14.9 Å². The van der Waals surface area contributed by atoms with Gasteiger partial charge in [0, 0.05) is 13.1 Å². The highest BCUT2D eigenvalue weighted by atomic mass is 16.5. The molecule has 6 heteroatoms. The molecule has 1 aliphatic rings. The highest BCUT2D eigenvalue weighted by molar-refractivity contribution is 5.67. The lowest BCUT2D eigenvalue weighted by atomic mass is 10.2. The molecule has 2 heterocycles. The van der Waals surface area contributed by atoms with Crippen LogP contribution in [0.5, 0.6) is 5.88 Å². The summed E-state index contributed by atoms with van der Waals surface area (Å²) in [5.41, 5.74) is 6.47. The molecule has 0 amide bonds. The molecule has 1 aromatic rings. The summed E-state index contributed by atoms with van der Waals surface area (Å²) in [4.78, 5) is 10.3. The lowest BCUT2D eigenvalue weighted by Crippen LogP contribution is -2.46. The van der Waals surface area contributed by atoms with E-state index in [0.29, 0.717) is 11.6 Å². The number of aromatic nitrogens is 2. The lowest BCUT2D eigenvalue weighted by molar-refractivity contribution is -0.00542. The Morgan fingerprint density at radius 3 is 2.59 bits per heavy atom. The van der Waals surface area contributed by atoms with Crippen molar-refractivity contribution < 1.29 is 9.47 Å². The second kappa shape index (κ2) is 4.75. The molecule has 2 unspecified atom stereocenters. The van der Waals surface area contributed by atoms with Crippen molar-refractivity contribution in [1.82, 2.24) is 9.97 Å². The predicted molar refractivity (Wildman–Crippen MR) is 65.2 cm³/mol. The van der Waals surface area contributed by atoms with Crippen LogP contribution < -0.4 is 15.4 Å². The molecule has 6 nitrogen and oxygen atoms in total. The summed E-state index contributed by atoms with van der Waals surface area (Å²) in [5, 5.41) is 0. The Balaban J connectivity index is 2.27. The van der Waals surface area contributed by atoms with Gasteiger partial charge in [-0.1, -0.05) is 0 Å². The number of rotatable bonds is 2. The Morgan fingerprint density at radius 2 is 2.00 bits per heavy atom. The second-order valence-electron chi connectivity index (χ2n) is 4.28. The third-order valence-electron chi connectivity index (χ3n) is 2.74. The lowest BCUT2D eigenvalue weighted by Gasteiger charge is -2.36. The first-order valence-electron chi connectivity index (χ1n) is 5.66. The maximum atomic E-state index is 5.98. The quantitative estimate of drug-likeness (QED) is 0.816. The Morgan fingerprint density at radius 1 is 1.35 bits per heavy atom. The molecular weight excluding hydrogens is 220 g/mol. The average Bonchev–Trinajstić information content (AvgIpc) is 2.28. The van der Waals surface area contributed by atoms with Gasteiger partial charge in [0.05, 0.1) is 19.3 Å². The largest absolute Gasteiger partial charge is 0.479 e. The number of methoxy groups -OCH3 is 1. The van der Waals surface area contributed by atoms with E-state index in [0.717, 1.165) is 18.9 Å². The zero-order chi connectivity index (χ0) is 12.4. The van der Waals surface area contributed by atoms with Crippen LogP contribution in [0.2, 0.25) is 0 Å². The van der Waals surface area contributed by atoms with Crippen LogP contribution in [0.25, 0.3) is 0 Å². The number of hydrogen-bond donors (Lipinski definition) is 1. The maximum Gasteiger partial charge on any atom is 0.242 e. The highest BCUT2D eigenvalue weighted by Crippen LogP contribution is 2.29. The molecule has 2 atom stereocenters. The van der Waals surface area contributed by atoms with Crippen molar-refractivity contribution in [3.05, 3.63) is 6.33 Å². The van der Waals surface area contributed by atoms with Gasteiger partial charge >= 0.3 is 0 Å². The van der Waals surface area contributed by atoms with Crippen molar-refractivity contribution in [2.24, 2.45) is 0 Å². The van der Waals surface area contributed by atoms with Gasteiger partial charge in [0.15, 0.2) is 5.82 Å². The normalized spacial score (nSPS) is 24.8. The maximum absolute atomic E-state index is 5.98. The Kier molecular flexibility index (Phi) is 3.33. The van der Waals surface area contributed by atoms with E-state index in [1.54, 1.807) is 7.11 Å². The fourth-order valence-corrected chi connectivity index (χ4v) is 2.14. The Labute approximate surface area is 101 Å². The monoisotopic (exact) mass is 238 g/mol. The third-order valence-corrected chi connectivity index (χ3v) is 2.74. The standard InChI is InChI=1S/C11H18N4O2/c1-7-4-15(5-8(2)17-7)10-9(12)11(16-3)14-6-13-10/h6-8H,4-5,12H2,1-3H3. The van der Waals surface area contributed by atoms with E-state index < -0.39 is 0 Å². The summed E-state index contributed by atoms with van der Waals surface area (Å²) in [6.45, 7) is 5.62. The van der Waals surface area contributed by atoms with E-state index in [4.69, 9.17) is 15.2 Å². The Hall–Kier alpha value is -1.56. The van der Waals surface area contributed by atoms with Crippen LogP contribution in [0.3, 0.4) is 0 Å². The summed E-state index contributed by atoms with van der Waals surface area (Å²) < 4.78 is 10.8. The first-order chi connectivity index (χ1) is 8.11. The van der Waals surface area contributed by atoms with E-state index in [-0.39, 0.29) is 12.2 Å². The zero-order valence-electron chi connectivity index (χ0n) is 10.4. The molecule has 0 saturated carbocycles. The minimum absolute atomic E-state index is 0.166. The van der Waals surface area contributed by atoms with Crippen molar-refractivity contribution in [3.63, 3.8) is 0 Å². The van der Waals surface area contributed by atoms with Crippen LogP contribution in [0.1, 0.15) is 13.8 Å². The first kappa shape index (κ1) is 11.9. The van der Waals surface area contributed by atoms with Gasteiger partial charge < -0.3 is 20.1 Å². The molecule has 0 radical (unpaired) electrons. The van der Waals surface area contributed by atoms with Gasteiger partial charge in [-0.25, -0.2) is 4.98 Å². The first-order valence-corrected chi connectivity index (χ1v) is 5.66. The van der Waals surface area contributed by atoms with Crippen LogP contribution in [-0.2, 0) is 4.74 Å². The summed E-state index contributed by atoms with van der Waals surface area (Å²) in [6.07, 6.45) is 1.80. The molecule has 17 heavy (non-hydrogen) atoms. The van der Waals surface area contributed by atoms with Gasteiger partial charge in [0.2, 0.25) is 5.88 Å². The van der Waals surface area contributed by atoms with E-state index in [9.17, 15) is 0 Å². The van der Waals surface area contributed by atoms with Gasteiger partial charge in [0.25, 0.3) is 0 Å². The predicted octanol–water partition coefficient (Wildman–Crippen LogP) is 0.681. The Bertz CT molecular complexity index is 389. The fraction of sp³-hybridized carbons (Fsp3) is 0.636. The minimum Gasteiger partial charge on any atom is -0.479 e. The van der Waals surface area contributed by atoms with Gasteiger partial charge in [0.1, 0.15) is 12.0 Å². The number of nitrogens with zero attached hydrogens (tertiary/aromatic N) is 3. The van der Waals surface area contributed by atoms with Crippen molar-refractivity contribution in [3.8, 4) is 5.88 Å². The topological polar surface area (TPSA) is 73.5 Å². The minimum atomic E-state index is 0.166. The molecular formula is C11H18N4O2. The summed E-state index contributed by atoms with van der Waals surface area (Å²) in [5.74, 6) is 1.14.